The van der Waals surface area contributed by atoms with E-state index in [1.165, 1.54) is 7.11 Å². The maximum atomic E-state index is 13.5. The molecule has 5 amide bonds. The summed E-state index contributed by atoms with van der Waals surface area (Å²) in [6.45, 7) is 2.23. The van der Waals surface area contributed by atoms with Crippen molar-refractivity contribution in [2.24, 2.45) is 0 Å². The molecule has 0 aliphatic carbocycles. The molecule has 0 radical (unpaired) electrons. The molecule has 48 heavy (non-hydrogen) atoms. The van der Waals surface area contributed by atoms with Gasteiger partial charge in [0.1, 0.15) is 6.04 Å². The van der Waals surface area contributed by atoms with E-state index in [4.69, 9.17) is 9.47 Å². The monoisotopic (exact) mass is 661 g/mol. The van der Waals surface area contributed by atoms with Crippen LogP contribution in [0.5, 0.6) is 11.5 Å². The third-order valence-corrected chi connectivity index (χ3v) is 7.49. The minimum atomic E-state index is -1.13. The van der Waals surface area contributed by atoms with Gasteiger partial charge in [-0.2, -0.15) is 0 Å². The van der Waals surface area contributed by atoms with Gasteiger partial charge in [-0.3, -0.25) is 14.4 Å². The number of ether oxygens (including phenoxy) is 3. The number of aliphatic carboxylic acids is 1. The number of hydrogen-bond acceptors (Lipinski definition) is 8. The molecule has 0 saturated carbocycles. The Balaban J connectivity index is 1.38. The zero-order chi connectivity index (χ0) is 34.5. The van der Waals surface area contributed by atoms with Gasteiger partial charge in [-0.1, -0.05) is 36.4 Å². The molecule has 4 rings (SSSR count). The number of anilines is 2. The van der Waals surface area contributed by atoms with Crippen LogP contribution < -0.4 is 36.1 Å². The highest BCUT2D eigenvalue weighted by atomic mass is 16.7. The van der Waals surface area contributed by atoms with Crippen molar-refractivity contribution in [3.05, 3.63) is 83.4 Å². The molecule has 14 nitrogen and oxygen atoms in total. The number of urea groups is 1. The average molecular weight is 662 g/mol. The van der Waals surface area contributed by atoms with Gasteiger partial charge in [0.25, 0.3) is 0 Å². The summed E-state index contributed by atoms with van der Waals surface area (Å²) in [4.78, 5) is 62.2. The Bertz CT molecular complexity index is 1610. The third-order valence-electron chi connectivity index (χ3n) is 7.49. The van der Waals surface area contributed by atoms with Crippen LogP contribution in [0, 0.1) is 6.92 Å². The maximum Gasteiger partial charge on any atom is 0.406 e. The first kappa shape index (κ1) is 35.1. The van der Waals surface area contributed by atoms with E-state index in [1.807, 2.05) is 25.1 Å². The minimum Gasteiger partial charge on any atom is -0.481 e. The van der Waals surface area contributed by atoms with Crippen molar-refractivity contribution in [1.29, 1.82) is 0 Å². The normalized spacial score (nSPS) is 12.6. The van der Waals surface area contributed by atoms with Crippen molar-refractivity contribution in [3.63, 3.8) is 0 Å². The van der Waals surface area contributed by atoms with E-state index in [9.17, 15) is 29.1 Å². The highest BCUT2D eigenvalue weighted by molar-refractivity contribution is 6.00. The average Bonchev–Trinajstić information content (AvgIpc) is 3.53. The summed E-state index contributed by atoms with van der Waals surface area (Å²) in [7, 11) is 1.26. The molecule has 254 valence electrons. The van der Waals surface area contributed by atoms with Gasteiger partial charge in [-0.25, -0.2) is 9.59 Å². The maximum absolute atomic E-state index is 13.5. The molecule has 3 aromatic rings. The summed E-state index contributed by atoms with van der Waals surface area (Å²) in [6.07, 6.45) is 0.149. The quantitative estimate of drug-likeness (QED) is 0.129. The molecule has 0 fully saturated rings. The molecule has 2 atom stereocenters. The summed E-state index contributed by atoms with van der Waals surface area (Å²) < 4.78 is 15.3. The number of nitrogens with one attached hydrogen (secondary N) is 5. The molecule has 0 saturated heterocycles. The third kappa shape index (κ3) is 10.6. The zero-order valence-electron chi connectivity index (χ0n) is 26.7. The van der Waals surface area contributed by atoms with E-state index in [-0.39, 0.29) is 19.6 Å². The molecule has 6 N–H and O–H groups in total. The van der Waals surface area contributed by atoms with Crippen LogP contribution in [0.15, 0.2) is 66.7 Å². The fourth-order valence-electron chi connectivity index (χ4n) is 4.97. The van der Waals surface area contributed by atoms with Crippen LogP contribution in [0.4, 0.5) is 21.0 Å². The van der Waals surface area contributed by atoms with Crippen molar-refractivity contribution >= 4 is 41.3 Å². The van der Waals surface area contributed by atoms with Crippen LogP contribution in [0.2, 0.25) is 0 Å². The Kier molecular flexibility index (Phi) is 12.6. The van der Waals surface area contributed by atoms with E-state index < -0.39 is 48.4 Å². The fourth-order valence-corrected chi connectivity index (χ4v) is 4.97. The van der Waals surface area contributed by atoms with Crippen molar-refractivity contribution in [2.45, 2.75) is 51.1 Å². The predicted octanol–water partition coefficient (Wildman–Crippen LogP) is 4.25. The Morgan fingerprint density at radius 1 is 0.896 bits per heavy atom. The molecule has 0 spiro atoms. The summed E-state index contributed by atoms with van der Waals surface area (Å²) >= 11 is 0. The van der Waals surface area contributed by atoms with E-state index in [0.717, 1.165) is 5.56 Å². The molecule has 0 aromatic heterocycles. The molecule has 1 heterocycles. The first-order chi connectivity index (χ1) is 23.1. The van der Waals surface area contributed by atoms with E-state index >= 15 is 0 Å². The lowest BCUT2D eigenvalue weighted by Gasteiger charge is -2.23. The Morgan fingerprint density at radius 3 is 2.38 bits per heavy atom. The fraction of sp³-hybridized carbons (Fsp3) is 0.324. The lowest BCUT2D eigenvalue weighted by molar-refractivity contribution is -0.138. The van der Waals surface area contributed by atoms with Crippen molar-refractivity contribution in [2.75, 3.05) is 31.1 Å². The van der Waals surface area contributed by atoms with Gasteiger partial charge in [0.15, 0.2) is 11.5 Å². The van der Waals surface area contributed by atoms with Gasteiger partial charge in [-0.15, -0.1) is 0 Å². The van der Waals surface area contributed by atoms with E-state index in [1.54, 1.807) is 48.5 Å². The van der Waals surface area contributed by atoms with E-state index in [2.05, 4.69) is 31.3 Å². The first-order valence-electron chi connectivity index (χ1n) is 15.4. The summed E-state index contributed by atoms with van der Waals surface area (Å²) in [5, 5.41) is 23.2. The van der Waals surface area contributed by atoms with Crippen LogP contribution in [-0.4, -0.2) is 61.5 Å². The van der Waals surface area contributed by atoms with Gasteiger partial charge in [0, 0.05) is 17.9 Å². The number of unbranched alkanes of at least 4 members (excludes halogenated alkanes) is 1. The van der Waals surface area contributed by atoms with Crippen LogP contribution in [-0.2, 0) is 25.5 Å². The van der Waals surface area contributed by atoms with Crippen molar-refractivity contribution in [1.82, 2.24) is 16.0 Å². The lowest BCUT2D eigenvalue weighted by Crippen LogP contribution is -2.48. The Hall–Kier alpha value is -5.79. The number of rotatable bonds is 15. The standard InChI is InChI=1S/C34H39N5O9/c1-21-7-3-4-8-25(21)39-33(44)36-24-13-10-22(11-14-24)17-30(40)37-26(9-5-6-16-35-34(45)46-2)32(43)38-27(19-31(41)42)23-12-15-28-29(18-23)48-20-47-28/h3-4,7-8,10-15,18,26-27H,5-6,9,16-17,19-20H2,1-2H3,(H,35,45)(H,37,40)(H,38,43)(H,41,42)(H2,36,39,44)/t26-,27-/m0/s1. The molecule has 3 aromatic carbocycles. The number of benzene rings is 3. The summed E-state index contributed by atoms with van der Waals surface area (Å²) in [5.41, 5.74) is 3.28. The summed E-state index contributed by atoms with van der Waals surface area (Å²) in [6, 6.07) is 16.7. The topological polar surface area (TPSA) is 193 Å². The van der Waals surface area contributed by atoms with Gasteiger partial charge in [0.2, 0.25) is 18.6 Å². The number of fused-ring (bicyclic) bond motifs is 1. The minimum absolute atomic E-state index is 0.0379. The lowest BCUT2D eigenvalue weighted by atomic mass is 10.0. The number of carboxylic acids is 1. The number of carbonyl (C=O) groups excluding carboxylic acids is 4. The van der Waals surface area contributed by atoms with Crippen LogP contribution in [0.3, 0.4) is 0 Å². The predicted molar refractivity (Wildman–Crippen MR) is 176 cm³/mol. The van der Waals surface area contributed by atoms with E-state index in [0.29, 0.717) is 53.4 Å². The zero-order valence-corrected chi connectivity index (χ0v) is 26.7. The van der Waals surface area contributed by atoms with Crippen molar-refractivity contribution < 1.29 is 43.3 Å². The number of aryl methyl sites for hydroxylation is 1. The summed E-state index contributed by atoms with van der Waals surface area (Å²) in [5.74, 6) is -1.17. The number of methoxy groups -OCH3 is 1. The highest BCUT2D eigenvalue weighted by Crippen LogP contribution is 2.35. The first-order valence-corrected chi connectivity index (χ1v) is 15.4. The second-order valence-corrected chi connectivity index (χ2v) is 11.1. The number of carbonyl (C=O) groups is 5. The SMILES string of the molecule is COC(=O)NCCCC[C@H](NC(=O)Cc1ccc(NC(=O)Nc2ccccc2C)cc1)C(=O)N[C@@H](CC(=O)O)c1ccc2c(c1)OCO2. The largest absolute Gasteiger partial charge is 0.481 e. The Labute approximate surface area is 277 Å². The molecule has 0 unspecified atom stereocenters. The van der Waals surface area contributed by atoms with Gasteiger partial charge in [-0.05, 0) is 73.2 Å². The number of para-hydroxylation sites is 1. The van der Waals surface area contributed by atoms with Gasteiger partial charge in [0.05, 0.1) is 26.0 Å². The molecular formula is C34H39N5O9. The Morgan fingerprint density at radius 2 is 1.65 bits per heavy atom. The molecule has 0 bridgehead atoms. The van der Waals surface area contributed by atoms with Crippen molar-refractivity contribution in [3.8, 4) is 11.5 Å². The molecule has 1 aliphatic heterocycles. The number of amides is 5. The second kappa shape index (κ2) is 17.2. The van der Waals surface area contributed by atoms with Crippen LogP contribution in [0.25, 0.3) is 0 Å². The second-order valence-electron chi connectivity index (χ2n) is 11.1. The van der Waals surface area contributed by atoms with Crippen LogP contribution >= 0.6 is 0 Å². The molecular weight excluding hydrogens is 622 g/mol. The highest BCUT2D eigenvalue weighted by Gasteiger charge is 2.27. The van der Waals surface area contributed by atoms with Gasteiger partial charge >= 0.3 is 18.1 Å². The number of hydrogen-bond donors (Lipinski definition) is 6. The van der Waals surface area contributed by atoms with Crippen LogP contribution in [0.1, 0.15) is 48.4 Å². The number of carboxylic acid groups (broad SMARTS) is 1. The smallest absolute Gasteiger partial charge is 0.406 e. The molecule has 1 aliphatic rings. The van der Waals surface area contributed by atoms with Gasteiger partial charge < -0.3 is 45.9 Å². The number of alkyl carbamates (subject to hydrolysis) is 1. The molecule has 14 heteroatoms.